The first kappa shape index (κ1) is 23.5. The van der Waals surface area contributed by atoms with Gasteiger partial charge in [0, 0.05) is 62.1 Å². The highest BCUT2D eigenvalue weighted by atomic mass is 127. The number of aliphatic imine (C=N–C) groups is 1. The van der Waals surface area contributed by atoms with Gasteiger partial charge in [-0.2, -0.15) is 0 Å². The van der Waals surface area contributed by atoms with Gasteiger partial charge in [-0.15, -0.1) is 24.0 Å². The number of guanidine groups is 1. The van der Waals surface area contributed by atoms with Gasteiger partial charge in [-0.3, -0.25) is 9.20 Å². The quantitative estimate of drug-likeness (QED) is 0.343. The fourth-order valence-electron chi connectivity index (χ4n) is 3.33. The van der Waals surface area contributed by atoms with Gasteiger partial charge < -0.3 is 20.2 Å². The van der Waals surface area contributed by atoms with Crippen molar-refractivity contribution in [3.63, 3.8) is 0 Å². The van der Waals surface area contributed by atoms with Gasteiger partial charge in [0.25, 0.3) is 0 Å². The van der Waals surface area contributed by atoms with Crippen LogP contribution in [0, 0.1) is 0 Å². The van der Waals surface area contributed by atoms with Crippen LogP contribution in [-0.2, 0) is 16.6 Å². The van der Waals surface area contributed by atoms with Crippen molar-refractivity contribution >= 4 is 46.4 Å². The van der Waals surface area contributed by atoms with Crippen molar-refractivity contribution in [2.45, 2.75) is 5.75 Å². The molecule has 0 amide bonds. The lowest BCUT2D eigenvalue weighted by Crippen LogP contribution is -2.53. The highest BCUT2D eigenvalue weighted by molar-refractivity contribution is 14.0. The lowest BCUT2D eigenvalue weighted by Gasteiger charge is -2.37. The molecule has 1 atom stereocenters. The number of phenols is 1. The molecule has 1 saturated heterocycles. The lowest BCUT2D eigenvalue weighted by atomic mass is 10.2. The van der Waals surface area contributed by atoms with Gasteiger partial charge in [-0.1, -0.05) is 42.5 Å². The van der Waals surface area contributed by atoms with E-state index in [2.05, 4.69) is 20.1 Å². The molecule has 29 heavy (non-hydrogen) atoms. The molecular formula is C21H29IN4O2S. The SMILES string of the molecule is CN=C(NCCS(=O)Cc1ccccc1)N1CCN(c2ccccc2O)CC1.I. The molecule has 6 nitrogen and oxygen atoms in total. The molecular weight excluding hydrogens is 499 g/mol. The van der Waals surface area contributed by atoms with Crippen LogP contribution in [-0.4, -0.2) is 65.7 Å². The Balaban J connectivity index is 0.00000300. The standard InChI is InChI=1S/C21H28N4O2S.HI/c1-22-21(23-11-16-28(27)17-18-7-3-2-4-8-18)25-14-12-24(13-15-25)19-9-5-6-10-20(19)26;/h2-10,26H,11-17H2,1H3,(H,22,23);1H. The van der Waals surface area contributed by atoms with Crippen LogP contribution in [0.25, 0.3) is 0 Å². The second-order valence-corrected chi connectivity index (χ2v) is 8.29. The Kier molecular flexibility index (Phi) is 9.72. The normalized spacial score (nSPS) is 15.6. The molecule has 3 rings (SSSR count). The third kappa shape index (κ3) is 6.88. The maximum Gasteiger partial charge on any atom is 0.193 e. The van der Waals surface area contributed by atoms with Gasteiger partial charge >= 0.3 is 0 Å². The third-order valence-corrected chi connectivity index (χ3v) is 6.11. The molecule has 158 valence electrons. The molecule has 1 heterocycles. The van der Waals surface area contributed by atoms with E-state index in [4.69, 9.17) is 0 Å². The Morgan fingerprint density at radius 2 is 1.72 bits per heavy atom. The first-order valence-electron chi connectivity index (χ1n) is 9.55. The van der Waals surface area contributed by atoms with Crippen molar-refractivity contribution in [1.82, 2.24) is 10.2 Å². The summed E-state index contributed by atoms with van der Waals surface area (Å²) in [5, 5.41) is 13.4. The molecule has 1 unspecified atom stereocenters. The maximum atomic E-state index is 12.3. The van der Waals surface area contributed by atoms with Crippen LogP contribution in [0.15, 0.2) is 59.6 Å². The Morgan fingerprint density at radius 3 is 2.38 bits per heavy atom. The van der Waals surface area contributed by atoms with Crippen LogP contribution in [0.3, 0.4) is 0 Å². The number of halogens is 1. The van der Waals surface area contributed by atoms with Crippen molar-refractivity contribution in [3.8, 4) is 5.75 Å². The minimum atomic E-state index is -0.900. The van der Waals surface area contributed by atoms with Gasteiger partial charge in [0.05, 0.1) is 5.69 Å². The van der Waals surface area contributed by atoms with Crippen molar-refractivity contribution in [1.29, 1.82) is 0 Å². The summed E-state index contributed by atoms with van der Waals surface area (Å²) < 4.78 is 12.3. The van der Waals surface area contributed by atoms with Gasteiger partial charge in [0.1, 0.15) is 5.75 Å². The van der Waals surface area contributed by atoms with Crippen molar-refractivity contribution in [2.75, 3.05) is 50.4 Å². The predicted molar refractivity (Wildman–Crippen MR) is 132 cm³/mol. The summed E-state index contributed by atoms with van der Waals surface area (Å²) in [7, 11) is 0.877. The zero-order chi connectivity index (χ0) is 19.8. The minimum absolute atomic E-state index is 0. The van der Waals surface area contributed by atoms with Gasteiger partial charge in [-0.25, -0.2) is 0 Å². The van der Waals surface area contributed by atoms with Crippen molar-refractivity contribution in [3.05, 3.63) is 60.2 Å². The maximum absolute atomic E-state index is 12.3. The number of nitrogens with zero attached hydrogens (tertiary/aromatic N) is 3. The van der Waals surface area contributed by atoms with E-state index in [-0.39, 0.29) is 24.0 Å². The number of aromatic hydroxyl groups is 1. The summed E-state index contributed by atoms with van der Waals surface area (Å²) in [6, 6.07) is 17.4. The Hall–Kier alpha value is -1.81. The summed E-state index contributed by atoms with van der Waals surface area (Å²) in [4.78, 5) is 8.77. The number of para-hydroxylation sites is 2. The number of hydrogen-bond donors (Lipinski definition) is 2. The third-order valence-electron chi connectivity index (χ3n) is 4.80. The second kappa shape index (κ2) is 12.0. The minimum Gasteiger partial charge on any atom is -0.506 e. The number of rotatable bonds is 6. The molecule has 0 aliphatic carbocycles. The van der Waals surface area contributed by atoms with Gasteiger partial charge in [0.15, 0.2) is 5.96 Å². The molecule has 2 aromatic carbocycles. The Labute approximate surface area is 192 Å². The van der Waals surface area contributed by atoms with E-state index in [0.29, 0.717) is 23.8 Å². The second-order valence-electron chi connectivity index (χ2n) is 6.71. The zero-order valence-electron chi connectivity index (χ0n) is 16.7. The fourth-order valence-corrected chi connectivity index (χ4v) is 4.37. The highest BCUT2D eigenvalue weighted by Crippen LogP contribution is 2.27. The highest BCUT2D eigenvalue weighted by Gasteiger charge is 2.21. The molecule has 0 aromatic heterocycles. The molecule has 1 aliphatic heterocycles. The van der Waals surface area contributed by atoms with Gasteiger partial charge in [-0.05, 0) is 17.7 Å². The van der Waals surface area contributed by atoms with E-state index < -0.39 is 10.8 Å². The number of nitrogens with one attached hydrogen (secondary N) is 1. The zero-order valence-corrected chi connectivity index (χ0v) is 19.8. The Morgan fingerprint density at radius 1 is 1.07 bits per heavy atom. The summed E-state index contributed by atoms with van der Waals surface area (Å²) in [6.45, 7) is 3.91. The molecule has 1 aliphatic rings. The molecule has 8 heteroatoms. The van der Waals surface area contributed by atoms with Crippen LogP contribution in [0.4, 0.5) is 5.69 Å². The topological polar surface area (TPSA) is 68.2 Å². The van der Waals surface area contributed by atoms with Crippen LogP contribution in [0.5, 0.6) is 5.75 Å². The lowest BCUT2D eigenvalue weighted by molar-refractivity contribution is 0.371. The predicted octanol–water partition coefficient (Wildman–Crippen LogP) is 2.66. The van der Waals surface area contributed by atoms with E-state index in [9.17, 15) is 9.32 Å². The summed E-state index contributed by atoms with van der Waals surface area (Å²) in [5.41, 5.74) is 1.98. The molecule has 0 spiro atoms. The van der Waals surface area contributed by atoms with E-state index in [0.717, 1.165) is 43.4 Å². The van der Waals surface area contributed by atoms with Crippen molar-refractivity contribution < 1.29 is 9.32 Å². The number of piperazine rings is 1. The fraction of sp³-hybridized carbons (Fsp3) is 0.381. The summed E-state index contributed by atoms with van der Waals surface area (Å²) >= 11 is 0. The molecule has 0 radical (unpaired) electrons. The average Bonchev–Trinajstić information content (AvgIpc) is 2.73. The monoisotopic (exact) mass is 528 g/mol. The van der Waals surface area contributed by atoms with E-state index >= 15 is 0 Å². The van der Waals surface area contributed by atoms with Crippen LogP contribution in [0.1, 0.15) is 5.56 Å². The van der Waals surface area contributed by atoms with Crippen LogP contribution < -0.4 is 10.2 Å². The molecule has 0 bridgehead atoms. The van der Waals surface area contributed by atoms with E-state index in [1.165, 1.54) is 0 Å². The Bertz CT molecular complexity index is 811. The van der Waals surface area contributed by atoms with E-state index in [1.54, 1.807) is 13.1 Å². The molecule has 0 saturated carbocycles. The largest absolute Gasteiger partial charge is 0.506 e. The smallest absolute Gasteiger partial charge is 0.193 e. The first-order chi connectivity index (χ1) is 13.7. The van der Waals surface area contributed by atoms with Gasteiger partial charge in [0.2, 0.25) is 0 Å². The number of anilines is 1. The molecule has 2 aromatic rings. The molecule has 2 N–H and O–H groups in total. The molecule has 1 fully saturated rings. The van der Waals surface area contributed by atoms with Crippen LogP contribution in [0.2, 0.25) is 0 Å². The number of hydrogen-bond acceptors (Lipinski definition) is 4. The summed E-state index contributed by atoms with van der Waals surface area (Å²) in [5.74, 6) is 2.33. The number of phenolic OH excluding ortho intramolecular Hbond substituents is 1. The average molecular weight is 528 g/mol. The van der Waals surface area contributed by atoms with Crippen molar-refractivity contribution in [2.24, 2.45) is 4.99 Å². The first-order valence-corrected chi connectivity index (χ1v) is 11.0. The van der Waals surface area contributed by atoms with Crippen LogP contribution >= 0.6 is 24.0 Å². The number of benzene rings is 2. The van der Waals surface area contributed by atoms with E-state index in [1.807, 2.05) is 48.5 Å². The summed E-state index contributed by atoms with van der Waals surface area (Å²) in [6.07, 6.45) is 0.